The second-order valence-corrected chi connectivity index (χ2v) is 9.84. The summed E-state index contributed by atoms with van der Waals surface area (Å²) in [4.78, 5) is 17.2. The van der Waals surface area contributed by atoms with Crippen LogP contribution in [0.4, 0.5) is 5.69 Å². The number of fused-ring (bicyclic) bond motifs is 3. The van der Waals surface area contributed by atoms with Crippen LogP contribution >= 0.6 is 43.6 Å². The summed E-state index contributed by atoms with van der Waals surface area (Å²) in [7, 11) is 0. The summed E-state index contributed by atoms with van der Waals surface area (Å²) in [5.41, 5.74) is 4.45. The number of hydrogen-bond acceptors (Lipinski definition) is 5. The number of benzene rings is 2. The molecule has 0 radical (unpaired) electrons. The van der Waals surface area contributed by atoms with Crippen molar-refractivity contribution in [3.63, 3.8) is 0 Å². The number of aryl methyl sites for hydroxylation is 1. The Hall–Kier alpha value is -1.97. The lowest BCUT2D eigenvalue weighted by atomic mass is 10.2. The van der Waals surface area contributed by atoms with Crippen molar-refractivity contribution >= 4 is 77.3 Å². The van der Waals surface area contributed by atoms with Gasteiger partial charge in [-0.3, -0.25) is 4.79 Å². The molecule has 0 fully saturated rings. The molecular formula is C21H19Br2N5OS. The van der Waals surface area contributed by atoms with Gasteiger partial charge < -0.3 is 9.88 Å². The Labute approximate surface area is 195 Å². The molecule has 0 bridgehead atoms. The Kier molecular flexibility index (Phi) is 6.13. The van der Waals surface area contributed by atoms with Crippen LogP contribution in [0.1, 0.15) is 25.5 Å². The van der Waals surface area contributed by atoms with E-state index in [0.717, 1.165) is 36.6 Å². The topological polar surface area (TPSA) is 72.7 Å². The van der Waals surface area contributed by atoms with Crippen LogP contribution in [0.15, 0.2) is 50.5 Å². The highest BCUT2D eigenvalue weighted by molar-refractivity contribution is 9.11. The second kappa shape index (κ2) is 8.64. The van der Waals surface area contributed by atoms with E-state index in [4.69, 9.17) is 4.98 Å². The van der Waals surface area contributed by atoms with Gasteiger partial charge in [0.25, 0.3) is 0 Å². The number of carbonyl (C=O) groups excluding carboxylic acids is 1. The van der Waals surface area contributed by atoms with Gasteiger partial charge in [-0.2, -0.15) is 0 Å². The average molecular weight is 549 g/mol. The first-order chi connectivity index (χ1) is 14.3. The first-order valence-electron chi connectivity index (χ1n) is 9.37. The highest BCUT2D eigenvalue weighted by atomic mass is 79.9. The fourth-order valence-electron chi connectivity index (χ4n) is 3.35. The van der Waals surface area contributed by atoms with Crippen molar-refractivity contribution in [3.05, 3.63) is 50.9 Å². The molecule has 9 heteroatoms. The van der Waals surface area contributed by atoms with Crippen LogP contribution in [0.3, 0.4) is 0 Å². The zero-order chi connectivity index (χ0) is 21.4. The number of aromatic nitrogens is 4. The lowest BCUT2D eigenvalue weighted by Crippen LogP contribution is -2.15. The van der Waals surface area contributed by atoms with Crippen molar-refractivity contribution in [2.75, 3.05) is 11.1 Å². The number of carbonyl (C=O) groups is 1. The average Bonchev–Trinajstić information content (AvgIpc) is 3.03. The third-order valence-electron chi connectivity index (χ3n) is 4.60. The third-order valence-corrected chi connectivity index (χ3v) is 6.68. The fourth-order valence-corrected chi connectivity index (χ4v) is 5.55. The largest absolute Gasteiger partial charge is 0.323 e. The first-order valence-corrected chi connectivity index (χ1v) is 11.9. The Morgan fingerprint density at radius 3 is 2.57 bits per heavy atom. The number of anilines is 1. The minimum atomic E-state index is -0.140. The SMILES string of the molecule is Cc1cc(Br)c(NC(=O)CSc2nnc3c4ccccc4n(C(C)C)c3n2)c(Br)c1. The standard InChI is InChI=1S/C21H19Br2N5OS/c1-11(2)28-16-7-5-4-6-13(16)18-20(28)25-21(27-26-18)30-10-17(29)24-19-14(22)8-12(3)9-15(19)23/h4-9,11H,10H2,1-3H3,(H,24,29). The van der Waals surface area contributed by atoms with Crippen LogP contribution < -0.4 is 5.32 Å². The Morgan fingerprint density at radius 2 is 1.87 bits per heavy atom. The molecule has 6 nitrogen and oxygen atoms in total. The van der Waals surface area contributed by atoms with Crippen molar-refractivity contribution in [2.24, 2.45) is 0 Å². The van der Waals surface area contributed by atoms with Crippen LogP contribution in [-0.2, 0) is 4.79 Å². The number of amides is 1. The van der Waals surface area contributed by atoms with E-state index in [0.29, 0.717) is 10.8 Å². The maximum atomic E-state index is 12.5. The predicted molar refractivity (Wildman–Crippen MR) is 129 cm³/mol. The lowest BCUT2D eigenvalue weighted by molar-refractivity contribution is -0.113. The molecule has 4 aromatic rings. The molecule has 2 aromatic carbocycles. The number of nitrogens with one attached hydrogen (secondary N) is 1. The summed E-state index contributed by atoms with van der Waals surface area (Å²) >= 11 is 8.26. The third kappa shape index (κ3) is 4.10. The molecule has 2 heterocycles. The molecule has 4 rings (SSSR count). The van der Waals surface area contributed by atoms with Gasteiger partial charge in [0.1, 0.15) is 5.52 Å². The summed E-state index contributed by atoms with van der Waals surface area (Å²) < 4.78 is 3.81. The van der Waals surface area contributed by atoms with Gasteiger partial charge in [0.05, 0.1) is 17.0 Å². The maximum Gasteiger partial charge on any atom is 0.234 e. The molecule has 0 aliphatic heterocycles. The van der Waals surface area contributed by atoms with Crippen LogP contribution in [0.5, 0.6) is 0 Å². The van der Waals surface area contributed by atoms with Crippen LogP contribution in [0.2, 0.25) is 0 Å². The molecule has 0 unspecified atom stereocenters. The number of hydrogen-bond donors (Lipinski definition) is 1. The van der Waals surface area contributed by atoms with E-state index in [-0.39, 0.29) is 17.7 Å². The number of thioether (sulfide) groups is 1. The van der Waals surface area contributed by atoms with E-state index < -0.39 is 0 Å². The van der Waals surface area contributed by atoms with E-state index in [1.807, 2.05) is 37.3 Å². The second-order valence-electron chi connectivity index (χ2n) is 7.19. The molecule has 1 amide bonds. The summed E-state index contributed by atoms with van der Waals surface area (Å²) in [5.74, 6) is 0.0420. The molecule has 154 valence electrons. The van der Waals surface area contributed by atoms with Crippen LogP contribution in [0.25, 0.3) is 22.1 Å². The molecule has 30 heavy (non-hydrogen) atoms. The molecule has 0 aliphatic carbocycles. The first kappa shape index (κ1) is 21.3. The molecule has 0 atom stereocenters. The normalized spacial score (nSPS) is 11.5. The summed E-state index contributed by atoms with van der Waals surface area (Å²) in [5, 5.41) is 13.1. The quantitative estimate of drug-likeness (QED) is 0.304. The van der Waals surface area contributed by atoms with Crippen molar-refractivity contribution in [3.8, 4) is 0 Å². The predicted octanol–water partition coefficient (Wildman–Crippen LogP) is 6.12. The van der Waals surface area contributed by atoms with Gasteiger partial charge in [-0.05, 0) is 76.4 Å². The van der Waals surface area contributed by atoms with E-state index in [9.17, 15) is 4.79 Å². The zero-order valence-electron chi connectivity index (χ0n) is 16.6. The minimum absolute atomic E-state index is 0.140. The summed E-state index contributed by atoms with van der Waals surface area (Å²) in [6, 6.07) is 12.2. The monoisotopic (exact) mass is 547 g/mol. The van der Waals surface area contributed by atoms with Gasteiger partial charge in [-0.1, -0.05) is 30.0 Å². The number of para-hydroxylation sites is 1. The van der Waals surface area contributed by atoms with E-state index >= 15 is 0 Å². The van der Waals surface area contributed by atoms with E-state index in [1.54, 1.807) is 0 Å². The zero-order valence-corrected chi connectivity index (χ0v) is 20.6. The van der Waals surface area contributed by atoms with Crippen LogP contribution in [-0.4, -0.2) is 31.4 Å². The minimum Gasteiger partial charge on any atom is -0.323 e. The Bertz CT molecular complexity index is 1250. The van der Waals surface area contributed by atoms with Gasteiger partial charge in [0, 0.05) is 20.4 Å². The molecule has 0 saturated heterocycles. The molecule has 0 aliphatic rings. The molecule has 2 aromatic heterocycles. The lowest BCUT2D eigenvalue weighted by Gasteiger charge is -2.11. The Balaban J connectivity index is 1.57. The number of nitrogens with zero attached hydrogens (tertiary/aromatic N) is 4. The molecule has 0 saturated carbocycles. The molecule has 1 N–H and O–H groups in total. The van der Waals surface area contributed by atoms with Gasteiger partial charge in [0.15, 0.2) is 5.65 Å². The number of rotatable bonds is 5. The van der Waals surface area contributed by atoms with E-state index in [2.05, 4.69) is 71.9 Å². The van der Waals surface area contributed by atoms with Gasteiger partial charge in [0.2, 0.25) is 11.1 Å². The number of halogens is 2. The van der Waals surface area contributed by atoms with Crippen molar-refractivity contribution < 1.29 is 4.79 Å². The van der Waals surface area contributed by atoms with Crippen LogP contribution in [0, 0.1) is 6.92 Å². The fraction of sp³-hybridized carbons (Fsp3) is 0.238. The summed E-state index contributed by atoms with van der Waals surface area (Å²) in [6.07, 6.45) is 0. The van der Waals surface area contributed by atoms with Crippen molar-refractivity contribution in [1.82, 2.24) is 19.7 Å². The van der Waals surface area contributed by atoms with Crippen molar-refractivity contribution in [2.45, 2.75) is 32.0 Å². The van der Waals surface area contributed by atoms with Gasteiger partial charge in [-0.25, -0.2) is 4.98 Å². The highest BCUT2D eigenvalue weighted by Gasteiger charge is 2.17. The molecule has 0 spiro atoms. The van der Waals surface area contributed by atoms with E-state index in [1.165, 1.54) is 11.8 Å². The molecular weight excluding hydrogens is 530 g/mol. The Morgan fingerprint density at radius 1 is 1.17 bits per heavy atom. The van der Waals surface area contributed by atoms with Crippen molar-refractivity contribution in [1.29, 1.82) is 0 Å². The smallest absolute Gasteiger partial charge is 0.234 e. The highest BCUT2D eigenvalue weighted by Crippen LogP contribution is 2.33. The van der Waals surface area contributed by atoms with Gasteiger partial charge >= 0.3 is 0 Å². The maximum absolute atomic E-state index is 12.5. The summed E-state index contributed by atoms with van der Waals surface area (Å²) in [6.45, 7) is 6.23. The van der Waals surface area contributed by atoms with Gasteiger partial charge in [-0.15, -0.1) is 10.2 Å².